The summed E-state index contributed by atoms with van der Waals surface area (Å²) in [5.74, 6) is -0.267. The molecule has 0 aliphatic heterocycles. The Morgan fingerprint density at radius 2 is 1.76 bits per heavy atom. The van der Waals surface area contributed by atoms with E-state index in [1.165, 1.54) is 0 Å². The summed E-state index contributed by atoms with van der Waals surface area (Å²) in [6.45, 7) is 5.69. The molecule has 0 fully saturated rings. The lowest BCUT2D eigenvalue weighted by Gasteiger charge is -2.11. The fourth-order valence-corrected chi connectivity index (χ4v) is 4.01. The average molecular weight is 461 g/mol. The molecule has 2 aromatic heterocycles. The molecular formula is C24H24N6O2S. The van der Waals surface area contributed by atoms with Crippen LogP contribution in [0, 0.1) is 25.5 Å². The molecule has 0 unspecified atom stereocenters. The maximum atomic E-state index is 12.8. The lowest BCUT2D eigenvalue weighted by molar-refractivity contribution is -0.122. The second-order valence-electron chi connectivity index (χ2n) is 7.77. The van der Waals surface area contributed by atoms with Crippen molar-refractivity contribution in [3.8, 4) is 17.1 Å². The molecule has 2 heterocycles. The molecule has 2 aromatic carbocycles. The zero-order chi connectivity index (χ0) is 23.5. The van der Waals surface area contributed by atoms with Gasteiger partial charge in [-0.05, 0) is 57.3 Å². The number of H-pyrrole nitrogens is 1. The monoisotopic (exact) mass is 460 g/mol. The van der Waals surface area contributed by atoms with Gasteiger partial charge in [0.05, 0.1) is 5.56 Å². The third-order valence-electron chi connectivity index (χ3n) is 5.34. The van der Waals surface area contributed by atoms with Crippen LogP contribution in [-0.2, 0) is 11.3 Å². The number of rotatable bonds is 5. The molecule has 0 radical (unpaired) electrons. The number of carbonyl (C=O) groups excluding carboxylic acids is 2. The summed E-state index contributed by atoms with van der Waals surface area (Å²) < 4.78 is 3.90. The van der Waals surface area contributed by atoms with Crippen LogP contribution in [0.3, 0.4) is 0 Å². The second-order valence-corrected chi connectivity index (χ2v) is 8.15. The summed E-state index contributed by atoms with van der Waals surface area (Å²) >= 11 is 5.29. The topological polar surface area (TPSA) is 96.7 Å². The number of aryl methyl sites for hydroxylation is 2. The van der Waals surface area contributed by atoms with Crippen molar-refractivity contribution in [1.29, 1.82) is 0 Å². The first-order chi connectivity index (χ1) is 15.8. The Morgan fingerprint density at radius 1 is 1.00 bits per heavy atom. The summed E-state index contributed by atoms with van der Waals surface area (Å²) in [7, 11) is 0. The largest absolute Gasteiger partial charge is 0.318 e. The van der Waals surface area contributed by atoms with Gasteiger partial charge in [-0.1, -0.05) is 42.0 Å². The molecule has 2 amide bonds. The molecule has 0 bridgehead atoms. The van der Waals surface area contributed by atoms with E-state index < -0.39 is 11.8 Å². The molecule has 168 valence electrons. The van der Waals surface area contributed by atoms with Gasteiger partial charge >= 0.3 is 0 Å². The second kappa shape index (κ2) is 9.25. The fraction of sp³-hybridized carbons (Fsp3) is 0.167. The molecule has 9 heteroatoms. The van der Waals surface area contributed by atoms with Gasteiger partial charge in [0.1, 0.15) is 6.54 Å². The number of amides is 2. The number of carbonyl (C=O) groups is 2. The number of hydrogen-bond acceptors (Lipinski definition) is 4. The molecule has 0 aliphatic carbocycles. The first-order valence-corrected chi connectivity index (χ1v) is 10.8. The van der Waals surface area contributed by atoms with Gasteiger partial charge in [-0.15, -0.1) is 0 Å². The van der Waals surface area contributed by atoms with Gasteiger partial charge in [0.25, 0.3) is 11.8 Å². The van der Waals surface area contributed by atoms with Gasteiger partial charge < -0.3 is 4.57 Å². The van der Waals surface area contributed by atoms with Crippen LogP contribution in [0.1, 0.15) is 27.3 Å². The van der Waals surface area contributed by atoms with Crippen LogP contribution in [0.4, 0.5) is 0 Å². The zero-order valence-electron chi connectivity index (χ0n) is 18.5. The summed E-state index contributed by atoms with van der Waals surface area (Å²) in [6.07, 6.45) is 0. The van der Waals surface area contributed by atoms with Crippen molar-refractivity contribution in [2.75, 3.05) is 0 Å². The molecule has 0 atom stereocenters. The Morgan fingerprint density at radius 3 is 2.48 bits per heavy atom. The zero-order valence-corrected chi connectivity index (χ0v) is 19.4. The SMILES string of the molecule is Cc1cccc(-c2n[nH]c(=S)n2CC(=O)NNC(=O)c2cc(C)n(-c3ccccc3)c2C)c1. The van der Waals surface area contributed by atoms with E-state index in [1.807, 2.05) is 79.9 Å². The number of hydrazine groups is 1. The Kier molecular flexibility index (Phi) is 6.23. The molecule has 8 nitrogen and oxygen atoms in total. The highest BCUT2D eigenvalue weighted by Gasteiger charge is 2.18. The highest BCUT2D eigenvalue weighted by atomic mass is 32.1. The van der Waals surface area contributed by atoms with E-state index in [9.17, 15) is 9.59 Å². The molecule has 0 aliphatic rings. The van der Waals surface area contributed by atoms with E-state index in [2.05, 4.69) is 21.0 Å². The van der Waals surface area contributed by atoms with Crippen molar-refractivity contribution in [3.05, 3.63) is 87.9 Å². The van der Waals surface area contributed by atoms with Crippen LogP contribution in [0.15, 0.2) is 60.7 Å². The van der Waals surface area contributed by atoms with Gasteiger partial charge in [0.15, 0.2) is 10.6 Å². The molecule has 0 saturated heterocycles. The van der Waals surface area contributed by atoms with Crippen molar-refractivity contribution in [1.82, 2.24) is 30.2 Å². The fourth-order valence-electron chi connectivity index (χ4n) is 3.81. The minimum atomic E-state index is -0.424. The van der Waals surface area contributed by atoms with Gasteiger partial charge in [-0.25, -0.2) is 0 Å². The quantitative estimate of drug-likeness (QED) is 0.312. The minimum absolute atomic E-state index is 0.0953. The lowest BCUT2D eigenvalue weighted by Crippen LogP contribution is -2.43. The van der Waals surface area contributed by atoms with E-state index in [-0.39, 0.29) is 6.54 Å². The van der Waals surface area contributed by atoms with Crippen LogP contribution in [0.25, 0.3) is 17.1 Å². The number of nitrogens with one attached hydrogen (secondary N) is 3. The molecular weight excluding hydrogens is 436 g/mol. The Balaban J connectivity index is 1.46. The van der Waals surface area contributed by atoms with E-state index in [0.29, 0.717) is 16.2 Å². The average Bonchev–Trinajstić information content (AvgIpc) is 3.31. The van der Waals surface area contributed by atoms with Crippen molar-refractivity contribution in [3.63, 3.8) is 0 Å². The maximum Gasteiger partial charge on any atom is 0.271 e. The summed E-state index contributed by atoms with van der Waals surface area (Å²) in [4.78, 5) is 25.4. The first kappa shape index (κ1) is 22.2. The normalized spacial score (nSPS) is 10.8. The molecule has 4 rings (SSSR count). The number of nitrogens with zero attached hydrogens (tertiary/aromatic N) is 3. The van der Waals surface area contributed by atoms with E-state index in [4.69, 9.17) is 12.2 Å². The lowest BCUT2D eigenvalue weighted by atomic mass is 10.1. The third kappa shape index (κ3) is 4.63. The molecule has 3 N–H and O–H groups in total. The Labute approximate surface area is 196 Å². The first-order valence-electron chi connectivity index (χ1n) is 10.4. The van der Waals surface area contributed by atoms with Gasteiger partial charge in [-0.3, -0.25) is 30.1 Å². The number of benzene rings is 2. The van der Waals surface area contributed by atoms with Crippen molar-refractivity contribution in [2.24, 2.45) is 0 Å². The van der Waals surface area contributed by atoms with Crippen LogP contribution >= 0.6 is 12.2 Å². The minimum Gasteiger partial charge on any atom is -0.318 e. The predicted octanol–water partition coefficient (Wildman–Crippen LogP) is 3.78. The Hall–Kier alpha value is -3.98. The standard InChI is InChI=1S/C24H24N6O2S/c1-15-8-7-9-18(12-15)22-26-28-24(33)29(22)14-21(31)25-27-23(32)20-13-16(2)30(17(20)3)19-10-5-4-6-11-19/h4-13H,14H2,1-3H3,(H,25,31)(H,27,32)(H,28,33). The number of hydrogen-bond donors (Lipinski definition) is 3. The van der Waals surface area contributed by atoms with Crippen LogP contribution < -0.4 is 10.9 Å². The number of aromatic amines is 1. The number of aromatic nitrogens is 4. The van der Waals surface area contributed by atoms with Crippen molar-refractivity contribution in [2.45, 2.75) is 27.3 Å². The van der Waals surface area contributed by atoms with Gasteiger partial charge in [0.2, 0.25) is 0 Å². The van der Waals surface area contributed by atoms with Gasteiger partial charge in [0, 0.05) is 22.6 Å². The van der Waals surface area contributed by atoms with E-state index in [0.717, 1.165) is 28.2 Å². The van der Waals surface area contributed by atoms with E-state index >= 15 is 0 Å². The maximum absolute atomic E-state index is 12.8. The molecule has 33 heavy (non-hydrogen) atoms. The molecule has 0 spiro atoms. The number of para-hydroxylation sites is 1. The highest BCUT2D eigenvalue weighted by molar-refractivity contribution is 7.71. The summed E-state index contributed by atoms with van der Waals surface area (Å²) in [5, 5.41) is 6.98. The third-order valence-corrected chi connectivity index (χ3v) is 5.65. The van der Waals surface area contributed by atoms with Crippen molar-refractivity contribution >= 4 is 24.0 Å². The van der Waals surface area contributed by atoms with Crippen LogP contribution in [0.5, 0.6) is 0 Å². The smallest absolute Gasteiger partial charge is 0.271 e. The predicted molar refractivity (Wildman–Crippen MR) is 128 cm³/mol. The highest BCUT2D eigenvalue weighted by Crippen LogP contribution is 2.21. The molecule has 4 aromatic rings. The van der Waals surface area contributed by atoms with Crippen LogP contribution in [-0.4, -0.2) is 31.1 Å². The Bertz CT molecular complexity index is 1380. The summed E-state index contributed by atoms with van der Waals surface area (Å²) in [6, 6.07) is 19.3. The van der Waals surface area contributed by atoms with Crippen LogP contribution in [0.2, 0.25) is 0 Å². The van der Waals surface area contributed by atoms with E-state index in [1.54, 1.807) is 10.6 Å². The van der Waals surface area contributed by atoms with Crippen molar-refractivity contribution < 1.29 is 9.59 Å². The summed E-state index contributed by atoms with van der Waals surface area (Å²) in [5.41, 5.74) is 10.0. The van der Waals surface area contributed by atoms with Gasteiger partial charge in [-0.2, -0.15) is 5.10 Å². The molecule has 0 saturated carbocycles.